The number of rotatable bonds is 6. The number of amides is 2. The molecule has 2 fully saturated rings. The molecule has 3 rings (SSSR count). The van der Waals surface area contributed by atoms with Crippen molar-refractivity contribution in [1.29, 1.82) is 0 Å². The van der Waals surface area contributed by atoms with Crippen molar-refractivity contribution in [2.45, 2.75) is 45.6 Å². The summed E-state index contributed by atoms with van der Waals surface area (Å²) < 4.78 is 4.97. The molecular weight excluding hydrogens is 340 g/mol. The molecular formula is C22H32N2O3. The smallest absolute Gasteiger partial charge is 0.248 e. The molecule has 2 heterocycles. The molecule has 2 amide bonds. The number of piperidine rings is 1. The summed E-state index contributed by atoms with van der Waals surface area (Å²) >= 11 is 0. The van der Waals surface area contributed by atoms with Crippen LogP contribution in [0.2, 0.25) is 0 Å². The van der Waals surface area contributed by atoms with Crippen LogP contribution in [0.5, 0.6) is 0 Å². The Morgan fingerprint density at radius 1 is 1.22 bits per heavy atom. The van der Waals surface area contributed by atoms with Gasteiger partial charge >= 0.3 is 0 Å². The van der Waals surface area contributed by atoms with Crippen LogP contribution in [0.3, 0.4) is 0 Å². The third-order valence-corrected chi connectivity index (χ3v) is 6.00. The van der Waals surface area contributed by atoms with Gasteiger partial charge in [-0.3, -0.25) is 9.59 Å². The number of ether oxygens (including phenoxy) is 1. The van der Waals surface area contributed by atoms with E-state index in [1.165, 1.54) is 5.56 Å². The van der Waals surface area contributed by atoms with Crippen molar-refractivity contribution < 1.29 is 14.3 Å². The number of benzene rings is 1. The zero-order valence-corrected chi connectivity index (χ0v) is 16.8. The number of carbonyl (C=O) groups is 2. The highest BCUT2D eigenvalue weighted by molar-refractivity contribution is 5.86. The highest BCUT2D eigenvalue weighted by atomic mass is 16.5. The number of methoxy groups -OCH3 is 1. The van der Waals surface area contributed by atoms with Gasteiger partial charge < -0.3 is 14.5 Å². The normalized spacial score (nSPS) is 22.1. The van der Waals surface area contributed by atoms with Crippen LogP contribution in [0.1, 0.15) is 38.7 Å². The summed E-state index contributed by atoms with van der Waals surface area (Å²) in [5.41, 5.74) is 0.992. The van der Waals surface area contributed by atoms with Gasteiger partial charge in [0, 0.05) is 32.8 Å². The quantitative estimate of drug-likeness (QED) is 0.771. The molecule has 2 aliphatic heterocycles. The Bertz CT molecular complexity index is 651. The minimum absolute atomic E-state index is 0.0256. The van der Waals surface area contributed by atoms with Crippen molar-refractivity contribution in [1.82, 2.24) is 9.80 Å². The minimum atomic E-state index is -0.293. The third kappa shape index (κ3) is 4.34. The number of hydrogen-bond acceptors (Lipinski definition) is 3. The molecule has 1 aromatic rings. The fourth-order valence-corrected chi connectivity index (χ4v) is 4.63. The molecule has 1 aromatic carbocycles. The standard InChI is InChI=1S/C22H32N2O3/c1-17(2)15-24-19(13-18-7-5-4-6-8-18)14-22(21(24)26)9-11-23(12-10-22)20(25)16-27-3/h4-8,17,19H,9-16H2,1-3H3. The van der Waals surface area contributed by atoms with Crippen molar-refractivity contribution >= 4 is 11.8 Å². The summed E-state index contributed by atoms with van der Waals surface area (Å²) in [4.78, 5) is 29.5. The Kier molecular flexibility index (Phi) is 6.20. The van der Waals surface area contributed by atoms with E-state index >= 15 is 0 Å². The van der Waals surface area contributed by atoms with Gasteiger partial charge in [0.25, 0.3) is 0 Å². The lowest BCUT2D eigenvalue weighted by molar-refractivity contribution is -0.144. The first kappa shape index (κ1) is 19.9. The van der Waals surface area contributed by atoms with Crippen LogP contribution in [-0.2, 0) is 20.7 Å². The highest BCUT2D eigenvalue weighted by Gasteiger charge is 2.52. The minimum Gasteiger partial charge on any atom is -0.375 e. The van der Waals surface area contributed by atoms with Gasteiger partial charge in [-0.1, -0.05) is 44.2 Å². The van der Waals surface area contributed by atoms with E-state index in [1.807, 2.05) is 11.0 Å². The molecule has 2 aliphatic rings. The molecule has 0 aromatic heterocycles. The summed E-state index contributed by atoms with van der Waals surface area (Å²) in [6.07, 6.45) is 3.34. The molecule has 0 saturated carbocycles. The van der Waals surface area contributed by atoms with Crippen LogP contribution in [0.25, 0.3) is 0 Å². The maximum atomic E-state index is 13.4. The van der Waals surface area contributed by atoms with Crippen molar-refractivity contribution in [2.24, 2.45) is 11.3 Å². The molecule has 0 radical (unpaired) electrons. The molecule has 5 nitrogen and oxygen atoms in total. The van der Waals surface area contributed by atoms with Crippen molar-refractivity contribution in [3.63, 3.8) is 0 Å². The predicted octanol–water partition coefficient (Wildman–Crippen LogP) is 2.74. The van der Waals surface area contributed by atoms with Crippen LogP contribution in [0.15, 0.2) is 30.3 Å². The fourth-order valence-electron chi connectivity index (χ4n) is 4.63. The lowest BCUT2D eigenvalue weighted by Gasteiger charge is -2.38. The first-order chi connectivity index (χ1) is 12.9. The second-order valence-electron chi connectivity index (χ2n) is 8.49. The van der Waals surface area contributed by atoms with Crippen molar-refractivity contribution in [3.05, 3.63) is 35.9 Å². The Morgan fingerprint density at radius 2 is 1.89 bits per heavy atom. The van der Waals surface area contributed by atoms with Crippen LogP contribution in [0, 0.1) is 11.3 Å². The van der Waals surface area contributed by atoms with Gasteiger partial charge in [0.15, 0.2) is 0 Å². The van der Waals surface area contributed by atoms with E-state index < -0.39 is 0 Å². The summed E-state index contributed by atoms with van der Waals surface area (Å²) in [6.45, 7) is 6.58. The molecule has 27 heavy (non-hydrogen) atoms. The second-order valence-corrected chi connectivity index (χ2v) is 8.49. The summed E-state index contributed by atoms with van der Waals surface area (Å²) in [5.74, 6) is 0.777. The molecule has 1 atom stereocenters. The summed E-state index contributed by atoms with van der Waals surface area (Å²) in [7, 11) is 1.54. The monoisotopic (exact) mass is 372 g/mol. The van der Waals surface area contributed by atoms with E-state index in [9.17, 15) is 9.59 Å². The van der Waals surface area contributed by atoms with Gasteiger partial charge in [0.05, 0.1) is 5.41 Å². The van der Waals surface area contributed by atoms with Gasteiger partial charge in [-0.05, 0) is 37.2 Å². The topological polar surface area (TPSA) is 49.9 Å². The summed E-state index contributed by atoms with van der Waals surface area (Å²) in [5, 5.41) is 0. The molecule has 0 N–H and O–H groups in total. The maximum absolute atomic E-state index is 13.4. The summed E-state index contributed by atoms with van der Waals surface area (Å²) in [6, 6.07) is 10.7. The van der Waals surface area contributed by atoms with Gasteiger partial charge in [-0.25, -0.2) is 0 Å². The van der Waals surface area contributed by atoms with Crippen molar-refractivity contribution in [3.8, 4) is 0 Å². The van der Waals surface area contributed by atoms with Gasteiger partial charge in [-0.15, -0.1) is 0 Å². The molecule has 5 heteroatoms. The predicted molar refractivity (Wildman–Crippen MR) is 105 cm³/mol. The molecule has 0 bridgehead atoms. The number of hydrogen-bond donors (Lipinski definition) is 0. The van der Waals surface area contributed by atoms with Crippen LogP contribution in [0.4, 0.5) is 0 Å². The van der Waals surface area contributed by atoms with Crippen molar-refractivity contribution in [2.75, 3.05) is 33.4 Å². The van der Waals surface area contributed by atoms with E-state index in [1.54, 1.807) is 7.11 Å². The Labute approximate surface area is 162 Å². The Balaban J connectivity index is 1.73. The third-order valence-electron chi connectivity index (χ3n) is 6.00. The zero-order valence-electron chi connectivity index (χ0n) is 16.8. The van der Waals surface area contributed by atoms with E-state index in [0.29, 0.717) is 24.9 Å². The lowest BCUT2D eigenvalue weighted by Crippen LogP contribution is -2.47. The van der Waals surface area contributed by atoms with Crippen LogP contribution >= 0.6 is 0 Å². The maximum Gasteiger partial charge on any atom is 0.248 e. The highest BCUT2D eigenvalue weighted by Crippen LogP contribution is 2.45. The molecule has 2 saturated heterocycles. The molecule has 0 aliphatic carbocycles. The number of carbonyl (C=O) groups excluding carboxylic acids is 2. The van der Waals surface area contributed by atoms with Gasteiger partial charge in [0.1, 0.15) is 6.61 Å². The first-order valence-electron chi connectivity index (χ1n) is 10.1. The average Bonchev–Trinajstić information content (AvgIpc) is 2.88. The SMILES string of the molecule is COCC(=O)N1CCC2(CC1)CC(Cc1ccccc1)N(CC(C)C)C2=O. The van der Waals surface area contributed by atoms with E-state index in [2.05, 4.69) is 43.0 Å². The molecule has 1 unspecified atom stereocenters. The Hall–Kier alpha value is -1.88. The first-order valence-corrected chi connectivity index (χ1v) is 10.1. The fraction of sp³-hybridized carbons (Fsp3) is 0.636. The van der Waals surface area contributed by atoms with Crippen LogP contribution < -0.4 is 0 Å². The van der Waals surface area contributed by atoms with Gasteiger partial charge in [-0.2, -0.15) is 0 Å². The van der Waals surface area contributed by atoms with E-state index in [4.69, 9.17) is 4.74 Å². The van der Waals surface area contributed by atoms with E-state index in [-0.39, 0.29) is 24.0 Å². The van der Waals surface area contributed by atoms with E-state index in [0.717, 1.165) is 32.2 Å². The number of likely N-dealkylation sites (tertiary alicyclic amines) is 2. The lowest BCUT2D eigenvalue weighted by atomic mass is 9.75. The molecule has 1 spiro atoms. The second kappa shape index (κ2) is 8.42. The van der Waals surface area contributed by atoms with Gasteiger partial charge in [0.2, 0.25) is 11.8 Å². The molecule has 148 valence electrons. The largest absolute Gasteiger partial charge is 0.375 e. The average molecular weight is 373 g/mol. The van der Waals surface area contributed by atoms with Crippen LogP contribution in [-0.4, -0.2) is 61.0 Å². The zero-order chi connectivity index (χ0) is 19.4. The Morgan fingerprint density at radius 3 is 2.48 bits per heavy atom. The number of nitrogens with zero attached hydrogens (tertiary/aromatic N) is 2.